The van der Waals surface area contributed by atoms with Crippen molar-refractivity contribution >= 4 is 11.6 Å². The first-order chi connectivity index (χ1) is 6.20. The molecule has 0 aromatic heterocycles. The molecule has 0 spiro atoms. The molecule has 13 heavy (non-hydrogen) atoms. The van der Waals surface area contributed by atoms with E-state index in [1.54, 1.807) is 18.2 Å². The van der Waals surface area contributed by atoms with Gasteiger partial charge in [0.15, 0.2) is 0 Å². The third kappa shape index (κ3) is 1.64. The van der Waals surface area contributed by atoms with Crippen LogP contribution in [-0.2, 0) is 0 Å². The monoisotopic (exact) mass is 197 g/mol. The summed E-state index contributed by atoms with van der Waals surface area (Å²) in [6, 6.07) is 5.01. The summed E-state index contributed by atoms with van der Waals surface area (Å²) in [6.07, 6.45) is 2.29. The van der Waals surface area contributed by atoms with Crippen LogP contribution in [-0.4, -0.2) is 5.11 Å². The van der Waals surface area contributed by atoms with Crippen molar-refractivity contribution < 1.29 is 5.11 Å². The lowest BCUT2D eigenvalue weighted by molar-refractivity contribution is 0.456. The smallest absolute Gasteiger partial charge is 0.121 e. The van der Waals surface area contributed by atoms with E-state index < -0.39 is 0 Å². The quantitative estimate of drug-likeness (QED) is 0.765. The van der Waals surface area contributed by atoms with Crippen LogP contribution in [0.2, 0.25) is 5.02 Å². The van der Waals surface area contributed by atoms with Crippen molar-refractivity contribution in [3.05, 3.63) is 28.8 Å². The van der Waals surface area contributed by atoms with E-state index in [9.17, 15) is 5.11 Å². The predicted molar refractivity (Wildman–Crippen MR) is 52.8 cm³/mol. The van der Waals surface area contributed by atoms with Gasteiger partial charge in [-0.1, -0.05) is 17.7 Å². The van der Waals surface area contributed by atoms with Crippen LogP contribution in [0.25, 0.3) is 0 Å². The molecule has 1 saturated carbocycles. The highest BCUT2D eigenvalue weighted by Gasteiger charge is 2.32. The van der Waals surface area contributed by atoms with E-state index in [0.29, 0.717) is 16.5 Å². The number of aromatic hydroxyl groups is 1. The van der Waals surface area contributed by atoms with E-state index >= 15 is 0 Å². The second-order valence-electron chi connectivity index (χ2n) is 3.54. The molecule has 0 amide bonds. The standard InChI is InChI=1S/C10H12ClNO/c11-7-2-1-3-8(13)9(7)10(12)6-4-5-6/h1-3,6,10,13H,4-5,12H2/t10-/m1/s1. The van der Waals surface area contributed by atoms with Gasteiger partial charge in [-0.3, -0.25) is 0 Å². The Morgan fingerprint density at radius 3 is 2.69 bits per heavy atom. The number of hydrogen-bond donors (Lipinski definition) is 2. The van der Waals surface area contributed by atoms with Crippen LogP contribution in [0.1, 0.15) is 24.4 Å². The van der Waals surface area contributed by atoms with Crippen molar-refractivity contribution in [3.63, 3.8) is 0 Å². The first-order valence-corrected chi connectivity index (χ1v) is 4.81. The zero-order chi connectivity index (χ0) is 9.42. The van der Waals surface area contributed by atoms with Crippen molar-refractivity contribution in [1.82, 2.24) is 0 Å². The highest BCUT2D eigenvalue weighted by atomic mass is 35.5. The number of benzene rings is 1. The fraction of sp³-hybridized carbons (Fsp3) is 0.400. The molecule has 3 N–H and O–H groups in total. The summed E-state index contributed by atoms with van der Waals surface area (Å²) in [7, 11) is 0. The number of phenols is 1. The van der Waals surface area contributed by atoms with Crippen LogP contribution in [0.3, 0.4) is 0 Å². The van der Waals surface area contributed by atoms with Gasteiger partial charge >= 0.3 is 0 Å². The second kappa shape index (κ2) is 3.20. The van der Waals surface area contributed by atoms with Gasteiger partial charge in [0, 0.05) is 16.6 Å². The van der Waals surface area contributed by atoms with Gasteiger partial charge in [-0.2, -0.15) is 0 Å². The molecule has 1 aromatic rings. The molecule has 3 heteroatoms. The van der Waals surface area contributed by atoms with Crippen LogP contribution in [0, 0.1) is 5.92 Å². The Morgan fingerprint density at radius 1 is 1.46 bits per heavy atom. The van der Waals surface area contributed by atoms with Crippen LogP contribution >= 0.6 is 11.6 Å². The van der Waals surface area contributed by atoms with E-state index in [4.69, 9.17) is 17.3 Å². The minimum atomic E-state index is -0.103. The van der Waals surface area contributed by atoms with Gasteiger partial charge in [0.1, 0.15) is 5.75 Å². The maximum absolute atomic E-state index is 9.57. The van der Waals surface area contributed by atoms with Crippen molar-refractivity contribution in [2.45, 2.75) is 18.9 Å². The number of nitrogens with two attached hydrogens (primary N) is 1. The molecule has 1 atom stereocenters. The first kappa shape index (κ1) is 8.85. The molecule has 2 rings (SSSR count). The normalized spacial score (nSPS) is 18.6. The number of rotatable bonds is 2. The molecule has 1 aromatic carbocycles. The van der Waals surface area contributed by atoms with Gasteiger partial charge in [0.2, 0.25) is 0 Å². The SMILES string of the molecule is N[C@@H](c1c(O)cccc1Cl)C1CC1. The summed E-state index contributed by atoms with van der Waals surface area (Å²) in [5.41, 5.74) is 6.66. The van der Waals surface area contributed by atoms with Gasteiger partial charge in [-0.05, 0) is 30.9 Å². The predicted octanol–water partition coefficient (Wildman–Crippen LogP) is 2.46. The molecule has 2 nitrogen and oxygen atoms in total. The minimum absolute atomic E-state index is 0.103. The molecule has 1 aliphatic rings. The Balaban J connectivity index is 2.36. The Kier molecular flexibility index (Phi) is 2.18. The first-order valence-electron chi connectivity index (χ1n) is 4.43. The number of halogens is 1. The van der Waals surface area contributed by atoms with Crippen LogP contribution in [0.4, 0.5) is 0 Å². The van der Waals surface area contributed by atoms with Gasteiger partial charge in [0.05, 0.1) is 0 Å². The summed E-state index contributed by atoms with van der Waals surface area (Å²) in [5.74, 6) is 0.720. The summed E-state index contributed by atoms with van der Waals surface area (Å²) in [6.45, 7) is 0. The van der Waals surface area contributed by atoms with Crippen molar-refractivity contribution in [1.29, 1.82) is 0 Å². The third-order valence-electron chi connectivity index (χ3n) is 2.49. The van der Waals surface area contributed by atoms with E-state index in [2.05, 4.69) is 0 Å². The van der Waals surface area contributed by atoms with E-state index in [0.717, 1.165) is 12.8 Å². The average Bonchev–Trinajstić information content (AvgIpc) is 2.85. The zero-order valence-corrected chi connectivity index (χ0v) is 7.96. The summed E-state index contributed by atoms with van der Waals surface area (Å²) >= 11 is 5.96. The lowest BCUT2D eigenvalue weighted by atomic mass is 10.0. The lowest BCUT2D eigenvalue weighted by Gasteiger charge is -2.13. The van der Waals surface area contributed by atoms with Gasteiger partial charge in [-0.15, -0.1) is 0 Å². The molecular formula is C10H12ClNO. The van der Waals surface area contributed by atoms with Crippen LogP contribution in [0.15, 0.2) is 18.2 Å². The maximum Gasteiger partial charge on any atom is 0.121 e. The Hall–Kier alpha value is -0.730. The highest BCUT2D eigenvalue weighted by Crippen LogP contribution is 2.44. The van der Waals surface area contributed by atoms with Gasteiger partial charge in [-0.25, -0.2) is 0 Å². The number of phenolic OH excluding ortho intramolecular Hbond substituents is 1. The fourth-order valence-electron chi connectivity index (χ4n) is 1.55. The largest absolute Gasteiger partial charge is 0.508 e. The lowest BCUT2D eigenvalue weighted by Crippen LogP contribution is -2.12. The topological polar surface area (TPSA) is 46.2 Å². The van der Waals surface area contributed by atoms with Crippen molar-refractivity contribution in [2.24, 2.45) is 11.7 Å². The Labute approximate surface area is 82.3 Å². The Bertz CT molecular complexity index is 302. The van der Waals surface area contributed by atoms with E-state index in [1.165, 1.54) is 0 Å². The van der Waals surface area contributed by atoms with Crippen LogP contribution < -0.4 is 5.73 Å². The molecule has 0 aliphatic heterocycles. The average molecular weight is 198 g/mol. The third-order valence-corrected chi connectivity index (χ3v) is 2.82. The maximum atomic E-state index is 9.57. The molecule has 0 unspecified atom stereocenters. The molecule has 0 bridgehead atoms. The van der Waals surface area contributed by atoms with Crippen molar-refractivity contribution in [3.8, 4) is 5.75 Å². The molecular weight excluding hydrogens is 186 g/mol. The summed E-state index contributed by atoms with van der Waals surface area (Å²) in [5, 5.41) is 10.1. The number of hydrogen-bond acceptors (Lipinski definition) is 2. The highest BCUT2D eigenvalue weighted by molar-refractivity contribution is 6.31. The molecule has 70 valence electrons. The molecule has 0 radical (unpaired) electrons. The van der Waals surface area contributed by atoms with Gasteiger partial charge < -0.3 is 10.8 Å². The molecule has 0 saturated heterocycles. The second-order valence-corrected chi connectivity index (χ2v) is 3.94. The van der Waals surface area contributed by atoms with E-state index in [1.807, 2.05) is 0 Å². The molecule has 0 heterocycles. The fourth-order valence-corrected chi connectivity index (χ4v) is 1.84. The summed E-state index contributed by atoms with van der Waals surface area (Å²) < 4.78 is 0. The van der Waals surface area contributed by atoms with Crippen molar-refractivity contribution in [2.75, 3.05) is 0 Å². The van der Waals surface area contributed by atoms with Gasteiger partial charge in [0.25, 0.3) is 0 Å². The molecule has 1 aliphatic carbocycles. The zero-order valence-electron chi connectivity index (χ0n) is 7.20. The van der Waals surface area contributed by atoms with Crippen LogP contribution in [0.5, 0.6) is 5.75 Å². The molecule has 1 fully saturated rings. The minimum Gasteiger partial charge on any atom is -0.508 e. The Morgan fingerprint density at radius 2 is 2.15 bits per heavy atom. The van der Waals surface area contributed by atoms with E-state index in [-0.39, 0.29) is 11.8 Å². The summed E-state index contributed by atoms with van der Waals surface area (Å²) in [4.78, 5) is 0.